The average molecular weight is 210 g/mol. The average Bonchev–Trinajstić information content (AvgIpc) is 2.31. The van der Waals surface area contributed by atoms with E-state index in [0.717, 1.165) is 5.56 Å². The van der Waals surface area contributed by atoms with Gasteiger partial charge in [-0.05, 0) is 13.8 Å². The summed E-state index contributed by atoms with van der Waals surface area (Å²) in [5, 5.41) is 6.03. The Hall–Kier alpha value is -1.38. The van der Waals surface area contributed by atoms with Crippen LogP contribution in [0.5, 0.6) is 0 Å². The Bertz CT molecular complexity index is 327. The van der Waals surface area contributed by atoms with E-state index in [1.54, 1.807) is 13.1 Å². The molecule has 0 bridgehead atoms. The van der Waals surface area contributed by atoms with E-state index in [1.807, 2.05) is 46.8 Å². The van der Waals surface area contributed by atoms with Crippen molar-refractivity contribution < 1.29 is 0 Å². The zero-order valence-electron chi connectivity index (χ0n) is 10.6. The van der Waals surface area contributed by atoms with E-state index in [2.05, 4.69) is 10.2 Å². The highest BCUT2D eigenvalue weighted by Crippen LogP contribution is 2.00. The molecule has 1 rings (SSSR count). The first kappa shape index (κ1) is 16.1. The van der Waals surface area contributed by atoms with E-state index in [1.165, 1.54) is 0 Å². The van der Waals surface area contributed by atoms with Crippen molar-refractivity contribution in [1.29, 1.82) is 0 Å². The van der Waals surface area contributed by atoms with Gasteiger partial charge >= 0.3 is 0 Å². The second kappa shape index (κ2) is 10.7. The second-order valence-corrected chi connectivity index (χ2v) is 2.28. The van der Waals surface area contributed by atoms with E-state index in [4.69, 9.17) is 0 Å². The molecule has 0 aliphatic carbocycles. The molecular formula is C12H22N2O. The van der Waals surface area contributed by atoms with Gasteiger partial charge in [0.05, 0.1) is 6.20 Å². The van der Waals surface area contributed by atoms with E-state index >= 15 is 0 Å². The molecule has 0 saturated carbocycles. The molecular weight excluding hydrogens is 188 g/mol. The van der Waals surface area contributed by atoms with Crippen molar-refractivity contribution in [3.63, 3.8) is 0 Å². The molecule has 0 aliphatic heterocycles. The van der Waals surface area contributed by atoms with Gasteiger partial charge in [-0.25, -0.2) is 5.10 Å². The van der Waals surface area contributed by atoms with Gasteiger partial charge in [0, 0.05) is 11.1 Å². The molecule has 0 fully saturated rings. The van der Waals surface area contributed by atoms with Crippen LogP contribution in [0.2, 0.25) is 0 Å². The van der Waals surface area contributed by atoms with Crippen LogP contribution < -0.4 is 5.56 Å². The van der Waals surface area contributed by atoms with Crippen LogP contribution in [0.1, 0.15) is 45.7 Å². The fraction of sp³-hybridized carbons (Fsp3) is 0.500. The second-order valence-electron chi connectivity index (χ2n) is 2.28. The van der Waals surface area contributed by atoms with Gasteiger partial charge in [0.1, 0.15) is 0 Å². The molecule has 86 valence electrons. The van der Waals surface area contributed by atoms with Gasteiger partial charge in [0.25, 0.3) is 5.56 Å². The highest BCUT2D eigenvalue weighted by atomic mass is 16.1. The minimum Gasteiger partial charge on any atom is -0.268 e. The van der Waals surface area contributed by atoms with Crippen molar-refractivity contribution in [2.45, 2.75) is 41.5 Å². The van der Waals surface area contributed by atoms with Gasteiger partial charge in [-0.15, -0.1) is 0 Å². The first-order chi connectivity index (χ1) is 7.25. The number of H-pyrrole nitrogens is 1. The predicted molar refractivity (Wildman–Crippen MR) is 67.0 cm³/mol. The first-order valence-corrected chi connectivity index (χ1v) is 5.42. The zero-order chi connectivity index (χ0) is 12.3. The fourth-order valence-corrected chi connectivity index (χ4v) is 0.820. The van der Waals surface area contributed by atoms with Crippen molar-refractivity contribution in [3.05, 3.63) is 33.8 Å². The third-order valence-corrected chi connectivity index (χ3v) is 1.49. The van der Waals surface area contributed by atoms with Crippen LogP contribution in [0.15, 0.2) is 17.1 Å². The smallest absolute Gasteiger partial charge is 0.267 e. The van der Waals surface area contributed by atoms with Gasteiger partial charge < -0.3 is 0 Å². The number of nitrogens with zero attached hydrogens (tertiary/aromatic N) is 1. The highest BCUT2D eigenvalue weighted by molar-refractivity contribution is 5.50. The molecule has 3 nitrogen and oxygen atoms in total. The number of nitrogens with one attached hydrogen (secondary N) is 1. The maximum absolute atomic E-state index is 11.0. The SMILES string of the molecule is C/C=C\c1cn[nH]c(=O)c1C.CC.CC. The third kappa shape index (κ3) is 5.83. The minimum absolute atomic E-state index is 0.124. The highest BCUT2D eigenvalue weighted by Gasteiger charge is 1.96. The van der Waals surface area contributed by atoms with Crippen LogP contribution in [-0.2, 0) is 0 Å². The van der Waals surface area contributed by atoms with Gasteiger partial charge in [0.2, 0.25) is 0 Å². The quantitative estimate of drug-likeness (QED) is 0.773. The van der Waals surface area contributed by atoms with Crippen molar-refractivity contribution in [3.8, 4) is 0 Å². The Kier molecular flexibility index (Phi) is 11.5. The van der Waals surface area contributed by atoms with Crippen LogP contribution >= 0.6 is 0 Å². The topological polar surface area (TPSA) is 45.8 Å². The molecule has 0 saturated heterocycles. The Morgan fingerprint density at radius 1 is 1.27 bits per heavy atom. The molecule has 0 amide bonds. The summed E-state index contributed by atoms with van der Waals surface area (Å²) in [7, 11) is 0. The standard InChI is InChI=1S/C8H10N2O.2C2H6/c1-3-4-7-5-9-10-8(11)6(7)2;2*1-2/h3-5H,1-2H3,(H,10,11);2*1-2H3/b4-3-;;. The number of rotatable bonds is 1. The van der Waals surface area contributed by atoms with Crippen molar-refractivity contribution >= 4 is 6.08 Å². The summed E-state index contributed by atoms with van der Waals surface area (Å²) in [6.07, 6.45) is 5.37. The largest absolute Gasteiger partial charge is 0.268 e. The summed E-state index contributed by atoms with van der Waals surface area (Å²) in [5.41, 5.74) is 1.45. The Balaban J connectivity index is 0. The molecule has 0 unspecified atom stereocenters. The summed E-state index contributed by atoms with van der Waals surface area (Å²) < 4.78 is 0. The fourth-order valence-electron chi connectivity index (χ4n) is 0.820. The Labute approximate surface area is 92.2 Å². The maximum Gasteiger partial charge on any atom is 0.267 e. The van der Waals surface area contributed by atoms with Crippen LogP contribution in [0.3, 0.4) is 0 Å². The third-order valence-electron chi connectivity index (χ3n) is 1.49. The molecule has 1 N–H and O–H groups in total. The molecule has 1 aromatic heterocycles. The van der Waals surface area contributed by atoms with Crippen LogP contribution in [0, 0.1) is 6.92 Å². The van der Waals surface area contributed by atoms with E-state index < -0.39 is 0 Å². The molecule has 0 aliphatic rings. The van der Waals surface area contributed by atoms with Gasteiger partial charge in [0.15, 0.2) is 0 Å². The van der Waals surface area contributed by atoms with Crippen LogP contribution in [0.25, 0.3) is 6.08 Å². The summed E-state index contributed by atoms with van der Waals surface area (Å²) >= 11 is 0. The lowest BCUT2D eigenvalue weighted by atomic mass is 10.2. The monoisotopic (exact) mass is 210 g/mol. The normalized spacial score (nSPS) is 8.67. The summed E-state index contributed by atoms with van der Waals surface area (Å²) in [4.78, 5) is 11.0. The van der Waals surface area contributed by atoms with E-state index in [-0.39, 0.29) is 5.56 Å². The molecule has 3 heteroatoms. The number of hydrogen-bond acceptors (Lipinski definition) is 2. The lowest BCUT2D eigenvalue weighted by Crippen LogP contribution is -2.11. The van der Waals surface area contributed by atoms with Gasteiger partial charge in [-0.2, -0.15) is 5.10 Å². The van der Waals surface area contributed by atoms with Crippen LogP contribution in [0.4, 0.5) is 0 Å². The summed E-state index contributed by atoms with van der Waals surface area (Å²) in [5.74, 6) is 0. The number of allylic oxidation sites excluding steroid dienone is 1. The van der Waals surface area contributed by atoms with Crippen molar-refractivity contribution in [2.24, 2.45) is 0 Å². The van der Waals surface area contributed by atoms with E-state index in [0.29, 0.717) is 5.56 Å². The van der Waals surface area contributed by atoms with Crippen molar-refractivity contribution in [2.75, 3.05) is 0 Å². The number of aromatic amines is 1. The molecule has 0 radical (unpaired) electrons. The summed E-state index contributed by atoms with van der Waals surface area (Å²) in [6.45, 7) is 11.7. The minimum atomic E-state index is -0.124. The summed E-state index contributed by atoms with van der Waals surface area (Å²) in [6, 6.07) is 0. The zero-order valence-corrected chi connectivity index (χ0v) is 10.6. The maximum atomic E-state index is 11.0. The molecule has 0 aromatic carbocycles. The molecule has 1 aromatic rings. The Morgan fingerprint density at radius 2 is 1.80 bits per heavy atom. The first-order valence-electron chi connectivity index (χ1n) is 5.42. The number of hydrogen-bond donors (Lipinski definition) is 1. The van der Waals surface area contributed by atoms with Gasteiger partial charge in [-0.1, -0.05) is 39.8 Å². The molecule has 15 heavy (non-hydrogen) atoms. The molecule has 0 spiro atoms. The number of aromatic nitrogens is 2. The van der Waals surface area contributed by atoms with Crippen LogP contribution in [-0.4, -0.2) is 10.2 Å². The molecule has 0 atom stereocenters. The lowest BCUT2D eigenvalue weighted by Gasteiger charge is -1.94. The van der Waals surface area contributed by atoms with E-state index in [9.17, 15) is 4.79 Å². The predicted octanol–water partition coefficient (Wildman–Crippen LogP) is 3.16. The van der Waals surface area contributed by atoms with Gasteiger partial charge in [-0.3, -0.25) is 4.79 Å². The Morgan fingerprint density at radius 3 is 2.27 bits per heavy atom. The lowest BCUT2D eigenvalue weighted by molar-refractivity contribution is 0.964. The van der Waals surface area contributed by atoms with Crippen molar-refractivity contribution in [1.82, 2.24) is 10.2 Å². The molecule has 1 heterocycles.